The van der Waals surface area contributed by atoms with E-state index in [2.05, 4.69) is 17.6 Å². The van der Waals surface area contributed by atoms with Crippen molar-refractivity contribution in [2.45, 2.75) is 51.5 Å². The fraction of sp³-hybridized carbons (Fsp3) is 0.632. The maximum atomic E-state index is 13.0. The van der Waals surface area contributed by atoms with Crippen LogP contribution in [0.25, 0.3) is 0 Å². The standard InChI is InChI=1S/C19H25FN2S/c1-12(21-18(23)22-17-4-2-16(20)3-5-17)19-9-13-6-14(10-19)8-15(7-13)11-19/h2-5,12-15H,6-11H2,1H3,(H2,21,22,23)/t12-,13?,14?,15?,19?/m0/s1. The molecule has 124 valence electrons. The highest BCUT2D eigenvalue weighted by atomic mass is 32.1. The highest BCUT2D eigenvalue weighted by Gasteiger charge is 2.53. The normalized spacial score (nSPS) is 35.8. The molecule has 5 rings (SSSR count). The minimum absolute atomic E-state index is 0.226. The molecular formula is C19H25FN2S. The lowest BCUT2D eigenvalue weighted by atomic mass is 9.48. The summed E-state index contributed by atoms with van der Waals surface area (Å²) in [5, 5.41) is 7.36. The molecule has 0 radical (unpaired) electrons. The number of halogens is 1. The summed E-state index contributed by atoms with van der Waals surface area (Å²) in [5.74, 6) is 2.62. The van der Waals surface area contributed by atoms with Crippen molar-refractivity contribution < 1.29 is 4.39 Å². The Morgan fingerprint density at radius 2 is 1.61 bits per heavy atom. The van der Waals surface area contributed by atoms with Crippen molar-refractivity contribution in [3.8, 4) is 0 Å². The summed E-state index contributed by atoms with van der Waals surface area (Å²) in [5.41, 5.74) is 1.27. The van der Waals surface area contributed by atoms with Gasteiger partial charge >= 0.3 is 0 Å². The Morgan fingerprint density at radius 3 is 2.13 bits per heavy atom. The van der Waals surface area contributed by atoms with E-state index < -0.39 is 0 Å². The van der Waals surface area contributed by atoms with Crippen LogP contribution in [0.15, 0.2) is 24.3 Å². The van der Waals surface area contributed by atoms with Crippen LogP contribution in [0.4, 0.5) is 10.1 Å². The summed E-state index contributed by atoms with van der Waals surface area (Å²) >= 11 is 5.48. The van der Waals surface area contributed by atoms with Gasteiger partial charge in [-0.1, -0.05) is 0 Å². The number of benzene rings is 1. The summed E-state index contributed by atoms with van der Waals surface area (Å²) in [7, 11) is 0. The molecule has 0 saturated heterocycles. The Hall–Kier alpha value is -1.16. The van der Waals surface area contributed by atoms with Crippen LogP contribution in [-0.4, -0.2) is 11.2 Å². The van der Waals surface area contributed by atoms with Gasteiger partial charge in [0, 0.05) is 11.7 Å². The average molecular weight is 332 g/mol. The molecule has 2 N–H and O–H groups in total. The average Bonchev–Trinajstić information content (AvgIpc) is 2.48. The first-order valence-corrected chi connectivity index (χ1v) is 9.26. The maximum Gasteiger partial charge on any atom is 0.171 e. The number of nitrogens with one attached hydrogen (secondary N) is 2. The van der Waals surface area contributed by atoms with Crippen molar-refractivity contribution in [1.82, 2.24) is 5.32 Å². The first-order chi connectivity index (χ1) is 11.0. The van der Waals surface area contributed by atoms with Crippen molar-refractivity contribution in [2.24, 2.45) is 23.2 Å². The molecule has 0 amide bonds. The molecule has 4 saturated carbocycles. The summed E-state index contributed by atoms with van der Waals surface area (Å²) in [6.45, 7) is 2.30. The molecule has 23 heavy (non-hydrogen) atoms. The highest BCUT2D eigenvalue weighted by molar-refractivity contribution is 7.80. The van der Waals surface area contributed by atoms with Gasteiger partial charge in [0.05, 0.1) is 0 Å². The van der Waals surface area contributed by atoms with Crippen LogP contribution in [0.5, 0.6) is 0 Å². The third kappa shape index (κ3) is 2.98. The molecule has 4 aliphatic rings. The second kappa shape index (κ2) is 5.73. The van der Waals surface area contributed by atoms with Crippen LogP contribution >= 0.6 is 12.2 Å². The minimum atomic E-state index is -0.226. The number of thiocarbonyl (C=S) groups is 1. The van der Waals surface area contributed by atoms with Crippen LogP contribution in [-0.2, 0) is 0 Å². The molecule has 1 atom stereocenters. The van der Waals surface area contributed by atoms with Crippen molar-refractivity contribution in [3.05, 3.63) is 30.1 Å². The SMILES string of the molecule is C[C@H](NC(=S)Nc1ccc(F)cc1)C12CC3CC(CC(C3)C1)C2. The molecule has 0 aliphatic heterocycles. The van der Waals surface area contributed by atoms with Crippen LogP contribution in [0, 0.1) is 29.0 Å². The Labute approximate surface area is 143 Å². The van der Waals surface area contributed by atoms with Gasteiger partial charge in [-0.25, -0.2) is 4.39 Å². The van der Waals surface area contributed by atoms with E-state index in [0.29, 0.717) is 16.6 Å². The van der Waals surface area contributed by atoms with E-state index in [9.17, 15) is 4.39 Å². The zero-order valence-corrected chi connectivity index (χ0v) is 14.5. The molecule has 4 fully saturated rings. The summed E-state index contributed by atoms with van der Waals surface area (Å²) in [6.07, 6.45) is 8.49. The van der Waals surface area contributed by atoms with Crippen molar-refractivity contribution in [1.29, 1.82) is 0 Å². The number of hydrogen-bond donors (Lipinski definition) is 2. The molecule has 1 aromatic carbocycles. The Morgan fingerprint density at radius 1 is 1.09 bits per heavy atom. The molecule has 4 aliphatic carbocycles. The lowest BCUT2D eigenvalue weighted by Gasteiger charge is -2.59. The summed E-state index contributed by atoms with van der Waals surface area (Å²) in [6, 6.07) is 6.74. The van der Waals surface area contributed by atoms with Crippen LogP contribution in [0.3, 0.4) is 0 Å². The summed E-state index contributed by atoms with van der Waals surface area (Å²) in [4.78, 5) is 0. The first kappa shape index (κ1) is 15.4. The number of rotatable bonds is 3. The van der Waals surface area contributed by atoms with E-state index in [4.69, 9.17) is 12.2 Å². The lowest BCUT2D eigenvalue weighted by Crippen LogP contribution is -2.56. The molecule has 0 unspecified atom stereocenters. The van der Waals surface area contributed by atoms with E-state index in [1.165, 1.54) is 50.7 Å². The monoisotopic (exact) mass is 332 g/mol. The first-order valence-electron chi connectivity index (χ1n) is 8.85. The van der Waals surface area contributed by atoms with E-state index in [-0.39, 0.29) is 5.82 Å². The maximum absolute atomic E-state index is 13.0. The van der Waals surface area contributed by atoms with Crippen LogP contribution in [0.1, 0.15) is 45.4 Å². The van der Waals surface area contributed by atoms with Crippen LogP contribution in [0.2, 0.25) is 0 Å². The van der Waals surface area contributed by atoms with Gasteiger partial charge in [0.1, 0.15) is 5.82 Å². The van der Waals surface area contributed by atoms with E-state index >= 15 is 0 Å². The molecule has 0 aromatic heterocycles. The quantitative estimate of drug-likeness (QED) is 0.783. The molecule has 2 nitrogen and oxygen atoms in total. The zero-order valence-electron chi connectivity index (χ0n) is 13.6. The van der Waals surface area contributed by atoms with Gasteiger partial charge in [0.2, 0.25) is 0 Å². The third-order valence-electron chi connectivity index (χ3n) is 6.45. The van der Waals surface area contributed by atoms with Gasteiger partial charge in [-0.3, -0.25) is 0 Å². The van der Waals surface area contributed by atoms with Gasteiger partial charge < -0.3 is 10.6 Å². The molecule has 1 aromatic rings. The van der Waals surface area contributed by atoms with E-state index in [1.807, 2.05) is 0 Å². The van der Waals surface area contributed by atoms with Crippen LogP contribution < -0.4 is 10.6 Å². The predicted octanol–water partition coefficient (Wildman–Crippen LogP) is 4.72. The number of hydrogen-bond acceptors (Lipinski definition) is 1. The smallest absolute Gasteiger partial charge is 0.171 e. The van der Waals surface area contributed by atoms with Gasteiger partial charge in [0.15, 0.2) is 5.11 Å². The lowest BCUT2D eigenvalue weighted by molar-refractivity contribution is -0.0671. The molecule has 0 spiro atoms. The topological polar surface area (TPSA) is 24.1 Å². The number of anilines is 1. The fourth-order valence-corrected chi connectivity index (χ4v) is 6.05. The van der Waals surface area contributed by atoms with Gasteiger partial charge in [-0.05, 0) is 105 Å². The Balaban J connectivity index is 1.40. The van der Waals surface area contributed by atoms with Crippen molar-refractivity contribution >= 4 is 23.0 Å². The highest BCUT2D eigenvalue weighted by Crippen LogP contribution is 2.61. The van der Waals surface area contributed by atoms with Crippen molar-refractivity contribution in [2.75, 3.05) is 5.32 Å². The summed E-state index contributed by atoms with van der Waals surface area (Å²) < 4.78 is 13.0. The van der Waals surface area contributed by atoms with E-state index in [1.54, 1.807) is 12.1 Å². The minimum Gasteiger partial charge on any atom is -0.359 e. The zero-order chi connectivity index (χ0) is 16.0. The van der Waals surface area contributed by atoms with Gasteiger partial charge in [-0.15, -0.1) is 0 Å². The Bertz CT molecular complexity index is 563. The molecule has 0 heterocycles. The molecular weight excluding hydrogens is 307 g/mol. The predicted molar refractivity (Wildman–Crippen MR) is 95.8 cm³/mol. The largest absolute Gasteiger partial charge is 0.359 e. The molecule has 4 heteroatoms. The third-order valence-corrected chi connectivity index (χ3v) is 6.67. The molecule has 4 bridgehead atoms. The van der Waals surface area contributed by atoms with E-state index in [0.717, 1.165) is 23.4 Å². The van der Waals surface area contributed by atoms with Gasteiger partial charge in [-0.2, -0.15) is 0 Å². The Kier molecular flexibility index (Phi) is 3.83. The van der Waals surface area contributed by atoms with Gasteiger partial charge in [0.25, 0.3) is 0 Å². The van der Waals surface area contributed by atoms with Crippen molar-refractivity contribution in [3.63, 3.8) is 0 Å². The second-order valence-corrected chi connectivity index (χ2v) is 8.52. The fourth-order valence-electron chi connectivity index (χ4n) is 5.76. The second-order valence-electron chi connectivity index (χ2n) is 8.11.